The largest absolute Gasteiger partial charge is 0.256 e. The molecule has 0 unspecified atom stereocenters. The Labute approximate surface area is 177 Å². The highest BCUT2D eigenvalue weighted by Crippen LogP contribution is 2.29. The van der Waals surface area contributed by atoms with Gasteiger partial charge in [0, 0.05) is 11.8 Å². The van der Waals surface area contributed by atoms with Crippen LogP contribution in [0.3, 0.4) is 0 Å². The number of nitrogens with zero attached hydrogens (tertiary/aromatic N) is 1. The van der Waals surface area contributed by atoms with E-state index in [1.54, 1.807) is 0 Å². The van der Waals surface area contributed by atoms with Gasteiger partial charge in [-0.1, -0.05) is 103 Å². The smallest absolute Gasteiger partial charge is 0.0708 e. The van der Waals surface area contributed by atoms with Crippen molar-refractivity contribution < 1.29 is 0 Å². The third kappa shape index (κ3) is 3.78. The summed E-state index contributed by atoms with van der Waals surface area (Å²) in [7, 11) is 0. The van der Waals surface area contributed by atoms with Crippen molar-refractivity contribution in [1.82, 2.24) is 4.98 Å². The molecule has 0 bridgehead atoms. The van der Waals surface area contributed by atoms with Crippen LogP contribution in [0.5, 0.6) is 0 Å². The fourth-order valence-electron chi connectivity index (χ4n) is 3.74. The topological polar surface area (TPSA) is 12.9 Å². The molecule has 0 atom stereocenters. The summed E-state index contributed by atoms with van der Waals surface area (Å²) in [4.78, 5) is 4.62. The van der Waals surface area contributed by atoms with Gasteiger partial charge >= 0.3 is 0 Å². The highest BCUT2D eigenvalue weighted by Gasteiger charge is 2.06. The van der Waals surface area contributed by atoms with Gasteiger partial charge in [0.15, 0.2) is 0 Å². The molecule has 1 heteroatoms. The fourth-order valence-corrected chi connectivity index (χ4v) is 3.74. The molecule has 0 aliphatic heterocycles. The molecule has 0 saturated carbocycles. The molecule has 0 radical (unpaired) electrons. The summed E-state index contributed by atoms with van der Waals surface area (Å²) >= 11 is 0. The first-order valence-electron chi connectivity index (χ1n) is 10.1. The lowest BCUT2D eigenvalue weighted by atomic mass is 9.98. The summed E-state index contributed by atoms with van der Waals surface area (Å²) in [6.07, 6.45) is 1.89. The molecule has 1 aromatic heterocycles. The van der Waals surface area contributed by atoms with Crippen LogP contribution in [-0.4, -0.2) is 4.98 Å². The van der Waals surface area contributed by atoms with E-state index in [-0.39, 0.29) is 0 Å². The molecule has 0 spiro atoms. The molecular weight excluding hydrogens is 362 g/mol. The second kappa shape index (κ2) is 8.18. The van der Waals surface area contributed by atoms with Gasteiger partial charge in [-0.25, -0.2) is 0 Å². The summed E-state index contributed by atoms with van der Waals surface area (Å²) in [6, 6.07) is 42.5. The van der Waals surface area contributed by atoms with E-state index in [4.69, 9.17) is 0 Å². The lowest BCUT2D eigenvalue weighted by Gasteiger charge is -2.09. The minimum atomic E-state index is 0.984. The second-order valence-electron chi connectivity index (χ2n) is 7.32. The van der Waals surface area contributed by atoms with Crippen LogP contribution in [0.15, 0.2) is 128 Å². The average molecular weight is 383 g/mol. The van der Waals surface area contributed by atoms with Crippen LogP contribution < -0.4 is 0 Å². The van der Waals surface area contributed by atoms with Crippen molar-refractivity contribution in [3.63, 3.8) is 0 Å². The Morgan fingerprint density at radius 1 is 0.333 bits per heavy atom. The SMILES string of the molecule is c1ccc(-c2ccc(-c3cc(-c4cccc(-c5ccccc5)c4)ccn3)cc2)cc1. The Kier molecular flexibility index (Phi) is 4.93. The van der Waals surface area contributed by atoms with Gasteiger partial charge in [-0.2, -0.15) is 0 Å². The highest BCUT2D eigenvalue weighted by atomic mass is 14.7. The number of benzene rings is 4. The molecule has 142 valence electrons. The zero-order chi connectivity index (χ0) is 20.2. The van der Waals surface area contributed by atoms with E-state index < -0.39 is 0 Å². The van der Waals surface area contributed by atoms with Crippen LogP contribution in [0, 0.1) is 0 Å². The monoisotopic (exact) mass is 383 g/mol. The molecule has 30 heavy (non-hydrogen) atoms. The lowest BCUT2D eigenvalue weighted by Crippen LogP contribution is -1.87. The van der Waals surface area contributed by atoms with Crippen LogP contribution >= 0.6 is 0 Å². The molecule has 0 aliphatic rings. The highest BCUT2D eigenvalue weighted by molar-refractivity contribution is 5.76. The van der Waals surface area contributed by atoms with Crippen molar-refractivity contribution in [2.24, 2.45) is 0 Å². The summed E-state index contributed by atoms with van der Waals surface area (Å²) < 4.78 is 0. The molecular formula is C29H21N. The molecule has 0 N–H and O–H groups in total. The summed E-state index contributed by atoms with van der Waals surface area (Å²) in [5.74, 6) is 0. The first kappa shape index (κ1) is 18.1. The van der Waals surface area contributed by atoms with Crippen molar-refractivity contribution in [2.75, 3.05) is 0 Å². The third-order valence-corrected chi connectivity index (χ3v) is 5.35. The van der Waals surface area contributed by atoms with Crippen molar-refractivity contribution in [3.05, 3.63) is 128 Å². The van der Waals surface area contributed by atoms with E-state index in [0.29, 0.717) is 0 Å². The fraction of sp³-hybridized carbons (Fsp3) is 0. The minimum absolute atomic E-state index is 0.984. The van der Waals surface area contributed by atoms with Crippen molar-refractivity contribution in [2.45, 2.75) is 0 Å². The first-order valence-corrected chi connectivity index (χ1v) is 10.1. The van der Waals surface area contributed by atoms with Crippen LogP contribution in [-0.2, 0) is 0 Å². The zero-order valence-corrected chi connectivity index (χ0v) is 16.6. The van der Waals surface area contributed by atoms with Gasteiger partial charge in [0.2, 0.25) is 0 Å². The van der Waals surface area contributed by atoms with Crippen molar-refractivity contribution >= 4 is 0 Å². The van der Waals surface area contributed by atoms with Gasteiger partial charge in [0.05, 0.1) is 5.69 Å². The molecule has 0 aliphatic carbocycles. The van der Waals surface area contributed by atoms with E-state index >= 15 is 0 Å². The molecule has 0 saturated heterocycles. The molecule has 0 fully saturated rings. The van der Waals surface area contributed by atoms with Gasteiger partial charge in [-0.05, 0) is 51.6 Å². The van der Waals surface area contributed by atoms with Crippen molar-refractivity contribution in [1.29, 1.82) is 0 Å². The lowest BCUT2D eigenvalue weighted by molar-refractivity contribution is 1.33. The van der Waals surface area contributed by atoms with Crippen molar-refractivity contribution in [3.8, 4) is 44.6 Å². The van der Waals surface area contributed by atoms with Crippen LogP contribution in [0.1, 0.15) is 0 Å². The van der Waals surface area contributed by atoms with Gasteiger partial charge in [-0.15, -0.1) is 0 Å². The molecule has 1 heterocycles. The number of aromatic nitrogens is 1. The van der Waals surface area contributed by atoms with Gasteiger partial charge < -0.3 is 0 Å². The number of pyridine rings is 1. The molecule has 5 rings (SSSR count). The van der Waals surface area contributed by atoms with Gasteiger partial charge in [0.25, 0.3) is 0 Å². The number of rotatable bonds is 4. The summed E-state index contributed by atoms with van der Waals surface area (Å²) in [5.41, 5.74) is 9.36. The number of hydrogen-bond acceptors (Lipinski definition) is 1. The predicted molar refractivity (Wildman–Crippen MR) is 126 cm³/mol. The van der Waals surface area contributed by atoms with Crippen LogP contribution in [0.2, 0.25) is 0 Å². The van der Waals surface area contributed by atoms with E-state index in [1.165, 1.54) is 33.4 Å². The standard InChI is InChI=1S/C29H21N/c1-3-8-22(9-4-1)24-14-16-25(17-15-24)29-21-28(18-19-30-29)27-13-7-12-26(20-27)23-10-5-2-6-11-23/h1-21H. The normalized spacial score (nSPS) is 10.7. The maximum absolute atomic E-state index is 4.62. The Morgan fingerprint density at radius 3 is 1.47 bits per heavy atom. The van der Waals surface area contributed by atoms with E-state index in [1.807, 2.05) is 18.3 Å². The first-order chi connectivity index (χ1) is 14.9. The predicted octanol–water partition coefficient (Wildman–Crippen LogP) is 7.75. The van der Waals surface area contributed by atoms with Gasteiger partial charge in [-0.3, -0.25) is 4.98 Å². The summed E-state index contributed by atoms with van der Waals surface area (Å²) in [6.45, 7) is 0. The maximum atomic E-state index is 4.62. The zero-order valence-electron chi connectivity index (χ0n) is 16.6. The van der Waals surface area contributed by atoms with E-state index in [9.17, 15) is 0 Å². The minimum Gasteiger partial charge on any atom is -0.256 e. The molecule has 5 aromatic rings. The Bertz CT molecular complexity index is 1260. The summed E-state index contributed by atoms with van der Waals surface area (Å²) in [5, 5.41) is 0. The quantitative estimate of drug-likeness (QED) is 0.309. The Hall–Kier alpha value is -3.97. The van der Waals surface area contributed by atoms with Crippen LogP contribution in [0.25, 0.3) is 44.6 Å². The molecule has 4 aromatic carbocycles. The molecule has 1 nitrogen and oxygen atoms in total. The Balaban J connectivity index is 1.46. The molecule has 0 amide bonds. The van der Waals surface area contributed by atoms with Crippen LogP contribution in [0.4, 0.5) is 0 Å². The maximum Gasteiger partial charge on any atom is 0.0708 e. The van der Waals surface area contributed by atoms with E-state index in [0.717, 1.165) is 11.3 Å². The van der Waals surface area contributed by atoms with Gasteiger partial charge in [0.1, 0.15) is 0 Å². The number of hydrogen-bond donors (Lipinski definition) is 0. The third-order valence-electron chi connectivity index (χ3n) is 5.35. The van der Waals surface area contributed by atoms with E-state index in [2.05, 4.69) is 114 Å². The average Bonchev–Trinajstić information content (AvgIpc) is 2.85. The second-order valence-corrected chi connectivity index (χ2v) is 7.32. The Morgan fingerprint density at radius 2 is 0.800 bits per heavy atom.